The summed E-state index contributed by atoms with van der Waals surface area (Å²) in [5.74, 6) is 0.0777. The monoisotopic (exact) mass is 230 g/mol. The summed E-state index contributed by atoms with van der Waals surface area (Å²) in [7, 11) is 0. The Morgan fingerprint density at radius 3 is 3.06 bits per heavy atom. The summed E-state index contributed by atoms with van der Waals surface area (Å²) in [6.45, 7) is -0.216. The molecule has 0 unspecified atom stereocenters. The van der Waals surface area contributed by atoms with Crippen LogP contribution in [0.25, 0.3) is 11.1 Å². The fourth-order valence-corrected chi connectivity index (χ4v) is 1.42. The molecule has 17 heavy (non-hydrogen) atoms. The van der Waals surface area contributed by atoms with Gasteiger partial charge in [-0.1, -0.05) is 12.1 Å². The van der Waals surface area contributed by atoms with E-state index in [1.165, 1.54) is 0 Å². The second-order valence-corrected chi connectivity index (χ2v) is 3.39. The third kappa shape index (κ3) is 2.82. The summed E-state index contributed by atoms with van der Waals surface area (Å²) in [4.78, 5) is 15.4. The van der Waals surface area contributed by atoms with Crippen molar-refractivity contribution in [3.8, 4) is 6.07 Å². The normalized spacial score (nSPS) is 10.1. The van der Waals surface area contributed by atoms with E-state index in [9.17, 15) is 4.79 Å². The van der Waals surface area contributed by atoms with E-state index in [0.29, 0.717) is 17.9 Å². The van der Waals surface area contributed by atoms with Gasteiger partial charge in [0.2, 0.25) is 0 Å². The number of benzene rings is 1. The number of aryl methyl sites for hydroxylation is 1. The Morgan fingerprint density at radius 1 is 1.47 bits per heavy atom. The quantitative estimate of drug-likeness (QED) is 0.749. The first-order valence-corrected chi connectivity index (χ1v) is 5.16. The van der Waals surface area contributed by atoms with Crippen LogP contribution in [0.2, 0.25) is 0 Å². The summed E-state index contributed by atoms with van der Waals surface area (Å²) in [5.41, 5.74) is 1.47. The minimum atomic E-state index is -0.422. The van der Waals surface area contributed by atoms with Crippen LogP contribution in [0.5, 0.6) is 0 Å². The first kappa shape index (κ1) is 11.1. The number of fused-ring (bicyclic) bond motifs is 1. The van der Waals surface area contributed by atoms with Gasteiger partial charge in [-0.15, -0.1) is 0 Å². The van der Waals surface area contributed by atoms with Crippen molar-refractivity contribution in [1.82, 2.24) is 4.98 Å². The van der Waals surface area contributed by atoms with Crippen molar-refractivity contribution in [2.24, 2.45) is 0 Å². The van der Waals surface area contributed by atoms with E-state index in [4.69, 9.17) is 9.68 Å². The van der Waals surface area contributed by atoms with Gasteiger partial charge in [0, 0.05) is 6.42 Å². The van der Waals surface area contributed by atoms with Crippen molar-refractivity contribution in [3.63, 3.8) is 0 Å². The minimum absolute atomic E-state index is 0.161. The number of hydrogen-bond acceptors (Lipinski definition) is 5. The van der Waals surface area contributed by atoms with E-state index >= 15 is 0 Å². The van der Waals surface area contributed by atoms with E-state index in [1.807, 2.05) is 24.3 Å². The van der Waals surface area contributed by atoms with E-state index < -0.39 is 5.97 Å². The number of nitriles is 1. The van der Waals surface area contributed by atoms with Gasteiger partial charge < -0.3 is 9.15 Å². The SMILES string of the molecule is N#CCOC(=O)CCc1nc2ccccc2o1. The fourth-order valence-electron chi connectivity index (χ4n) is 1.42. The van der Waals surface area contributed by atoms with E-state index in [2.05, 4.69) is 9.72 Å². The molecule has 0 radical (unpaired) electrons. The van der Waals surface area contributed by atoms with Crippen LogP contribution in [0.4, 0.5) is 0 Å². The first-order chi connectivity index (χ1) is 8.29. The fraction of sp³-hybridized carbons (Fsp3) is 0.250. The lowest BCUT2D eigenvalue weighted by atomic mass is 10.3. The molecular weight excluding hydrogens is 220 g/mol. The summed E-state index contributed by atoms with van der Waals surface area (Å²) in [6, 6.07) is 9.13. The molecule has 0 aliphatic rings. The van der Waals surface area contributed by atoms with Gasteiger partial charge in [0.1, 0.15) is 11.6 Å². The summed E-state index contributed by atoms with van der Waals surface area (Å²) in [5, 5.41) is 8.24. The highest BCUT2D eigenvalue weighted by molar-refractivity contribution is 5.72. The molecule has 0 N–H and O–H groups in total. The molecule has 0 bridgehead atoms. The highest BCUT2D eigenvalue weighted by Crippen LogP contribution is 2.15. The smallest absolute Gasteiger partial charge is 0.307 e. The van der Waals surface area contributed by atoms with Gasteiger partial charge in [-0.05, 0) is 12.1 Å². The average molecular weight is 230 g/mol. The summed E-state index contributed by atoms with van der Waals surface area (Å²) in [6.07, 6.45) is 0.535. The molecule has 2 rings (SSSR count). The lowest BCUT2D eigenvalue weighted by molar-refractivity contribution is -0.142. The molecule has 86 valence electrons. The van der Waals surface area contributed by atoms with Crippen molar-refractivity contribution in [2.45, 2.75) is 12.8 Å². The lowest BCUT2D eigenvalue weighted by Gasteiger charge is -1.97. The molecule has 1 heterocycles. The standard InChI is InChI=1S/C12H10N2O3/c13-7-8-16-12(15)6-5-11-14-9-3-1-2-4-10(9)17-11/h1-4H,5-6,8H2. The van der Waals surface area contributed by atoms with E-state index in [-0.39, 0.29) is 13.0 Å². The number of esters is 1. The number of ether oxygens (including phenoxy) is 1. The highest BCUT2D eigenvalue weighted by Gasteiger charge is 2.08. The van der Waals surface area contributed by atoms with Crippen LogP contribution in [-0.4, -0.2) is 17.6 Å². The van der Waals surface area contributed by atoms with Gasteiger partial charge >= 0.3 is 5.97 Å². The van der Waals surface area contributed by atoms with Crippen LogP contribution in [0, 0.1) is 11.3 Å². The molecule has 0 saturated heterocycles. The Morgan fingerprint density at radius 2 is 2.29 bits per heavy atom. The van der Waals surface area contributed by atoms with Gasteiger partial charge in [-0.25, -0.2) is 4.98 Å². The van der Waals surface area contributed by atoms with Crippen molar-refractivity contribution < 1.29 is 13.9 Å². The molecule has 0 aliphatic carbocycles. The largest absolute Gasteiger partial charge is 0.450 e. The third-order valence-corrected chi connectivity index (χ3v) is 2.18. The van der Waals surface area contributed by atoms with Gasteiger partial charge in [0.15, 0.2) is 18.1 Å². The van der Waals surface area contributed by atoms with E-state index in [1.54, 1.807) is 6.07 Å². The molecule has 0 aliphatic heterocycles. The van der Waals surface area contributed by atoms with Gasteiger partial charge in [0.25, 0.3) is 0 Å². The molecule has 0 fully saturated rings. The lowest BCUT2D eigenvalue weighted by Crippen LogP contribution is -2.05. The number of nitrogens with zero attached hydrogens (tertiary/aromatic N) is 2. The van der Waals surface area contributed by atoms with Crippen molar-refractivity contribution in [2.75, 3.05) is 6.61 Å². The van der Waals surface area contributed by atoms with E-state index in [0.717, 1.165) is 5.52 Å². The van der Waals surface area contributed by atoms with Crippen LogP contribution < -0.4 is 0 Å². The van der Waals surface area contributed by atoms with Crippen LogP contribution in [-0.2, 0) is 16.0 Å². The van der Waals surface area contributed by atoms with Gasteiger partial charge in [0.05, 0.1) is 6.42 Å². The van der Waals surface area contributed by atoms with Crippen LogP contribution in [0.3, 0.4) is 0 Å². The molecule has 5 heteroatoms. The topological polar surface area (TPSA) is 76.1 Å². The second kappa shape index (κ2) is 5.12. The predicted octanol–water partition coefficient (Wildman–Crippen LogP) is 1.83. The molecule has 0 amide bonds. The Bertz CT molecular complexity index is 535. The number of oxazole rings is 1. The zero-order valence-electron chi connectivity index (χ0n) is 9.05. The number of rotatable bonds is 4. The van der Waals surface area contributed by atoms with Crippen LogP contribution in [0.1, 0.15) is 12.3 Å². The summed E-state index contributed by atoms with van der Waals surface area (Å²) >= 11 is 0. The molecule has 0 atom stereocenters. The Kier molecular flexibility index (Phi) is 3.36. The molecule has 0 saturated carbocycles. The average Bonchev–Trinajstić information content (AvgIpc) is 2.76. The highest BCUT2D eigenvalue weighted by atomic mass is 16.5. The number of para-hydroxylation sites is 2. The zero-order valence-corrected chi connectivity index (χ0v) is 9.05. The molecule has 0 spiro atoms. The number of aromatic nitrogens is 1. The van der Waals surface area contributed by atoms with Crippen molar-refractivity contribution in [1.29, 1.82) is 5.26 Å². The summed E-state index contributed by atoms with van der Waals surface area (Å²) < 4.78 is 10.1. The Hall–Kier alpha value is -2.35. The van der Waals surface area contributed by atoms with Crippen molar-refractivity contribution in [3.05, 3.63) is 30.2 Å². The van der Waals surface area contributed by atoms with Crippen molar-refractivity contribution >= 4 is 17.1 Å². The second-order valence-electron chi connectivity index (χ2n) is 3.39. The predicted molar refractivity (Wildman–Crippen MR) is 58.9 cm³/mol. The minimum Gasteiger partial charge on any atom is -0.450 e. The molecule has 2 aromatic rings. The third-order valence-electron chi connectivity index (χ3n) is 2.18. The molecule has 1 aromatic carbocycles. The maximum atomic E-state index is 11.1. The Balaban J connectivity index is 1.95. The zero-order chi connectivity index (χ0) is 12.1. The molecular formula is C12H10N2O3. The Labute approximate surface area is 97.6 Å². The number of carbonyl (C=O) groups excluding carboxylic acids is 1. The van der Waals surface area contributed by atoms with Crippen LogP contribution >= 0.6 is 0 Å². The molecule has 5 nitrogen and oxygen atoms in total. The van der Waals surface area contributed by atoms with Gasteiger partial charge in [-0.3, -0.25) is 4.79 Å². The first-order valence-electron chi connectivity index (χ1n) is 5.16. The van der Waals surface area contributed by atoms with Gasteiger partial charge in [-0.2, -0.15) is 5.26 Å². The maximum absolute atomic E-state index is 11.1. The van der Waals surface area contributed by atoms with Crippen LogP contribution in [0.15, 0.2) is 28.7 Å². The number of carbonyl (C=O) groups is 1. The molecule has 1 aromatic heterocycles. The number of hydrogen-bond donors (Lipinski definition) is 0. The maximum Gasteiger partial charge on any atom is 0.307 e.